The van der Waals surface area contributed by atoms with E-state index in [9.17, 15) is 18.3 Å². The van der Waals surface area contributed by atoms with Gasteiger partial charge in [0.15, 0.2) is 0 Å². The average Bonchev–Trinajstić information content (AvgIpc) is 3.13. The van der Waals surface area contributed by atoms with E-state index in [0.29, 0.717) is 34.0 Å². The maximum atomic E-state index is 12.9. The van der Waals surface area contributed by atoms with E-state index in [2.05, 4.69) is 4.98 Å². The molecular weight excluding hydrogens is 420 g/mol. The Morgan fingerprint density at radius 2 is 1.86 bits per heavy atom. The van der Waals surface area contributed by atoms with Gasteiger partial charge in [-0.2, -0.15) is 4.31 Å². The Bertz CT molecular complexity index is 1170. The molecule has 0 bridgehead atoms. The number of nitrogens with zero attached hydrogens (tertiary/aromatic N) is 2. The van der Waals surface area contributed by atoms with E-state index < -0.39 is 16.0 Å². The molecule has 1 fully saturated rings. The zero-order valence-electron chi connectivity index (χ0n) is 14.8. The molecule has 1 aliphatic heterocycles. The lowest BCUT2D eigenvalue weighted by Gasteiger charge is -2.26. The van der Waals surface area contributed by atoms with Gasteiger partial charge in [-0.25, -0.2) is 18.2 Å². The van der Waals surface area contributed by atoms with Crippen molar-refractivity contribution in [3.05, 3.63) is 46.3 Å². The molecule has 1 aromatic carbocycles. The van der Waals surface area contributed by atoms with Gasteiger partial charge in [-0.05, 0) is 49.2 Å². The van der Waals surface area contributed by atoms with Crippen LogP contribution in [0.25, 0.3) is 21.5 Å². The van der Waals surface area contributed by atoms with Crippen LogP contribution in [0.15, 0.2) is 41.3 Å². The zero-order valence-corrected chi connectivity index (χ0v) is 17.1. The first-order valence-corrected chi connectivity index (χ1v) is 11.4. The predicted octanol–water partition coefficient (Wildman–Crippen LogP) is 4.49. The highest BCUT2D eigenvalue weighted by Gasteiger charge is 2.27. The Labute approximate surface area is 171 Å². The second-order valence-corrected chi connectivity index (χ2v) is 10.3. The molecule has 1 aliphatic rings. The Balaban J connectivity index is 1.85. The summed E-state index contributed by atoms with van der Waals surface area (Å²) >= 11 is 7.28. The number of carboxylic acid groups (broad SMARTS) is 1. The molecule has 0 spiro atoms. The van der Waals surface area contributed by atoms with Crippen molar-refractivity contribution in [2.75, 3.05) is 13.1 Å². The van der Waals surface area contributed by atoms with Crippen LogP contribution in [-0.2, 0) is 10.0 Å². The fraction of sp³-hybridized carbons (Fsp3) is 0.263. The van der Waals surface area contributed by atoms with E-state index in [0.717, 1.165) is 24.1 Å². The molecule has 3 heterocycles. The second kappa shape index (κ2) is 7.44. The van der Waals surface area contributed by atoms with Crippen LogP contribution in [0.4, 0.5) is 0 Å². The van der Waals surface area contributed by atoms with Crippen molar-refractivity contribution >= 4 is 49.8 Å². The first-order valence-electron chi connectivity index (χ1n) is 8.80. The third-order valence-corrected chi connectivity index (χ3v) is 7.94. The monoisotopic (exact) mass is 436 g/mol. The zero-order chi connectivity index (χ0) is 19.9. The normalized spacial score (nSPS) is 15.8. The van der Waals surface area contributed by atoms with Crippen LogP contribution in [0.1, 0.15) is 29.6 Å². The van der Waals surface area contributed by atoms with E-state index in [4.69, 9.17) is 11.6 Å². The van der Waals surface area contributed by atoms with Crippen LogP contribution < -0.4 is 0 Å². The molecule has 3 aromatic rings. The van der Waals surface area contributed by atoms with E-state index in [1.807, 2.05) is 0 Å². The molecule has 4 rings (SSSR count). The predicted molar refractivity (Wildman–Crippen MR) is 110 cm³/mol. The summed E-state index contributed by atoms with van der Waals surface area (Å²) in [6.07, 6.45) is 2.69. The number of carboxylic acids is 1. The van der Waals surface area contributed by atoms with Crippen molar-refractivity contribution in [1.82, 2.24) is 9.29 Å². The summed E-state index contributed by atoms with van der Waals surface area (Å²) in [5.74, 6) is -1.14. The van der Waals surface area contributed by atoms with Gasteiger partial charge in [-0.1, -0.05) is 18.0 Å². The lowest BCUT2D eigenvalue weighted by Crippen LogP contribution is -2.35. The van der Waals surface area contributed by atoms with Crippen LogP contribution in [0, 0.1) is 0 Å². The minimum absolute atomic E-state index is 0.0141. The number of piperidine rings is 1. The SMILES string of the molecule is O=C(O)c1cc(-c2ccc(Cl)s2)nc2ccc(S(=O)(=O)N3CCCCC3)cc12. The molecule has 0 radical (unpaired) electrons. The third kappa shape index (κ3) is 3.53. The number of aromatic carboxylic acids is 1. The van der Waals surface area contributed by atoms with Crippen LogP contribution >= 0.6 is 22.9 Å². The summed E-state index contributed by atoms with van der Waals surface area (Å²) in [5.41, 5.74) is 0.936. The Hall–Kier alpha value is -2.00. The van der Waals surface area contributed by atoms with Crippen molar-refractivity contribution in [3.63, 3.8) is 0 Å². The van der Waals surface area contributed by atoms with Crippen molar-refractivity contribution in [2.24, 2.45) is 0 Å². The van der Waals surface area contributed by atoms with Gasteiger partial charge in [0.2, 0.25) is 10.0 Å². The number of halogens is 1. The summed E-state index contributed by atoms with van der Waals surface area (Å²) in [6, 6.07) is 9.45. The van der Waals surface area contributed by atoms with Crippen LogP contribution in [0.5, 0.6) is 0 Å². The lowest BCUT2D eigenvalue weighted by molar-refractivity contribution is 0.0699. The van der Waals surface area contributed by atoms with E-state index >= 15 is 0 Å². The number of carbonyl (C=O) groups is 1. The fourth-order valence-corrected chi connectivity index (χ4v) is 5.92. The topological polar surface area (TPSA) is 87.6 Å². The van der Waals surface area contributed by atoms with Crippen molar-refractivity contribution in [3.8, 4) is 10.6 Å². The highest BCUT2D eigenvalue weighted by Crippen LogP contribution is 2.33. The van der Waals surface area contributed by atoms with Gasteiger partial charge in [0.1, 0.15) is 0 Å². The molecule has 1 saturated heterocycles. The van der Waals surface area contributed by atoms with Gasteiger partial charge in [0.05, 0.1) is 30.9 Å². The Kier molecular flexibility index (Phi) is 5.13. The second-order valence-electron chi connectivity index (χ2n) is 6.61. The Morgan fingerprint density at radius 3 is 2.50 bits per heavy atom. The summed E-state index contributed by atoms with van der Waals surface area (Å²) in [4.78, 5) is 17.2. The van der Waals surface area contributed by atoms with Crippen LogP contribution in [-0.4, -0.2) is 41.9 Å². The maximum absolute atomic E-state index is 12.9. The summed E-state index contributed by atoms with van der Waals surface area (Å²) in [7, 11) is -3.66. The first kappa shape index (κ1) is 19.3. The lowest BCUT2D eigenvalue weighted by atomic mass is 10.1. The molecular formula is C19H17ClN2O4S2. The van der Waals surface area contributed by atoms with Crippen molar-refractivity contribution in [1.29, 1.82) is 0 Å². The highest BCUT2D eigenvalue weighted by molar-refractivity contribution is 7.89. The van der Waals surface area contributed by atoms with Gasteiger partial charge in [0.25, 0.3) is 0 Å². The number of sulfonamides is 1. The van der Waals surface area contributed by atoms with Gasteiger partial charge >= 0.3 is 5.97 Å². The summed E-state index contributed by atoms with van der Waals surface area (Å²) in [6.45, 7) is 0.977. The van der Waals surface area contributed by atoms with Gasteiger partial charge in [0, 0.05) is 18.5 Å². The molecule has 0 unspecified atom stereocenters. The Morgan fingerprint density at radius 1 is 1.11 bits per heavy atom. The third-order valence-electron chi connectivity index (χ3n) is 4.79. The molecule has 28 heavy (non-hydrogen) atoms. The van der Waals surface area contributed by atoms with Crippen LogP contribution in [0.3, 0.4) is 0 Å². The highest BCUT2D eigenvalue weighted by atomic mass is 35.5. The number of rotatable bonds is 4. The van der Waals surface area contributed by atoms with Gasteiger partial charge in [-0.15, -0.1) is 11.3 Å². The standard InChI is InChI=1S/C19H17ClN2O4S2/c20-18-7-6-17(27-18)16-11-14(19(23)24)13-10-12(4-5-15(13)21-16)28(25,26)22-8-2-1-3-9-22/h4-7,10-11H,1-3,8-9H2,(H,23,24). The molecule has 0 saturated carbocycles. The minimum atomic E-state index is -3.66. The smallest absolute Gasteiger partial charge is 0.336 e. The van der Waals surface area contributed by atoms with Crippen molar-refractivity contribution in [2.45, 2.75) is 24.2 Å². The minimum Gasteiger partial charge on any atom is -0.478 e. The molecule has 0 aliphatic carbocycles. The number of pyridine rings is 1. The van der Waals surface area contributed by atoms with Gasteiger partial charge in [-0.3, -0.25) is 0 Å². The van der Waals surface area contributed by atoms with E-state index in [1.54, 1.807) is 18.2 Å². The number of fused-ring (bicyclic) bond motifs is 1. The number of hydrogen-bond acceptors (Lipinski definition) is 5. The van der Waals surface area contributed by atoms with Crippen molar-refractivity contribution < 1.29 is 18.3 Å². The molecule has 146 valence electrons. The number of hydrogen-bond donors (Lipinski definition) is 1. The van der Waals surface area contributed by atoms with E-state index in [1.165, 1.54) is 33.8 Å². The average molecular weight is 437 g/mol. The molecule has 9 heteroatoms. The molecule has 2 aromatic heterocycles. The van der Waals surface area contributed by atoms with Gasteiger partial charge < -0.3 is 5.11 Å². The number of aromatic nitrogens is 1. The maximum Gasteiger partial charge on any atom is 0.336 e. The quantitative estimate of drug-likeness (QED) is 0.651. The summed E-state index contributed by atoms with van der Waals surface area (Å²) < 4.78 is 27.9. The number of thiophene rings is 1. The first-order chi connectivity index (χ1) is 13.4. The molecule has 0 amide bonds. The molecule has 0 atom stereocenters. The largest absolute Gasteiger partial charge is 0.478 e. The number of benzene rings is 1. The molecule has 1 N–H and O–H groups in total. The fourth-order valence-electron chi connectivity index (χ4n) is 3.37. The van der Waals surface area contributed by atoms with E-state index in [-0.39, 0.29) is 10.5 Å². The summed E-state index contributed by atoms with van der Waals surface area (Å²) in [5, 5.41) is 9.99. The van der Waals surface area contributed by atoms with Crippen LogP contribution in [0.2, 0.25) is 4.34 Å². The molecule has 6 nitrogen and oxygen atoms in total.